The molecule has 6 N–H and O–H groups in total. The smallest absolute Gasteiger partial charge is 0.220 e. The van der Waals surface area contributed by atoms with E-state index in [9.17, 15) is 30.3 Å². The van der Waals surface area contributed by atoms with E-state index in [2.05, 4.69) is 31.3 Å². The molecule has 0 aliphatic carbocycles. The van der Waals surface area contributed by atoms with Crippen molar-refractivity contribution in [3.63, 3.8) is 0 Å². The highest BCUT2D eigenvalue weighted by atomic mass is 16.7. The second-order valence-corrected chi connectivity index (χ2v) is 19.0. The van der Waals surface area contributed by atoms with Crippen molar-refractivity contribution < 1.29 is 39.8 Å². The first-order chi connectivity index (χ1) is 30.8. The highest BCUT2D eigenvalue weighted by molar-refractivity contribution is 5.76. The van der Waals surface area contributed by atoms with Gasteiger partial charge in [0.2, 0.25) is 5.91 Å². The molecule has 1 amide bonds. The molecule has 9 heteroatoms. The van der Waals surface area contributed by atoms with Crippen molar-refractivity contribution in [2.45, 2.75) is 301 Å². The van der Waals surface area contributed by atoms with Crippen molar-refractivity contribution in [1.82, 2.24) is 5.32 Å². The van der Waals surface area contributed by atoms with Crippen LogP contribution in [0.5, 0.6) is 0 Å². The molecule has 1 saturated heterocycles. The Morgan fingerprint density at radius 1 is 0.524 bits per heavy atom. The monoisotopic (exact) mass is 894 g/mol. The summed E-state index contributed by atoms with van der Waals surface area (Å²) in [5.74, 6) is -0.174. The third-order valence-electron chi connectivity index (χ3n) is 13.0. The normalized spacial score (nSPS) is 20.3. The molecule has 9 nitrogen and oxygen atoms in total. The highest BCUT2D eigenvalue weighted by Crippen LogP contribution is 2.23. The quantitative estimate of drug-likeness (QED) is 0.0261. The van der Waals surface area contributed by atoms with Crippen LogP contribution in [-0.2, 0) is 14.3 Å². The molecule has 2 unspecified atom stereocenters. The molecule has 0 spiro atoms. The Hall–Kier alpha value is -1.33. The van der Waals surface area contributed by atoms with E-state index in [0.717, 1.165) is 38.5 Å². The van der Waals surface area contributed by atoms with Crippen LogP contribution in [-0.4, -0.2) is 87.5 Å². The van der Waals surface area contributed by atoms with Crippen LogP contribution in [0.15, 0.2) is 24.3 Å². The molecule has 7 atom stereocenters. The van der Waals surface area contributed by atoms with Gasteiger partial charge in [-0.1, -0.05) is 231 Å². The van der Waals surface area contributed by atoms with Gasteiger partial charge in [-0.05, 0) is 44.9 Å². The second kappa shape index (κ2) is 44.5. The SMILES string of the molecule is CCCCCCCC/C=C/CCCCCCCCCCCCCCCC(=O)N[C@@H](CO[C@H]1O[C@@H](CO)[C@H](O)C(O)C1O)[C@H](O)/C=C/CCCCCCCCCCCCCCCCC. The summed E-state index contributed by atoms with van der Waals surface area (Å²) in [6.07, 6.45) is 48.0. The number of unbranched alkanes of at least 4 members (excludes halogenated alkanes) is 34. The largest absolute Gasteiger partial charge is 0.394 e. The average Bonchev–Trinajstić information content (AvgIpc) is 3.28. The fourth-order valence-corrected chi connectivity index (χ4v) is 8.68. The molecule has 1 aliphatic heterocycles. The molecule has 1 heterocycles. The van der Waals surface area contributed by atoms with Gasteiger partial charge in [0.15, 0.2) is 6.29 Å². The Morgan fingerprint density at radius 3 is 1.29 bits per heavy atom. The van der Waals surface area contributed by atoms with Crippen LogP contribution >= 0.6 is 0 Å². The van der Waals surface area contributed by atoms with E-state index in [1.54, 1.807) is 6.08 Å². The van der Waals surface area contributed by atoms with Gasteiger partial charge in [-0.15, -0.1) is 0 Å². The second-order valence-electron chi connectivity index (χ2n) is 19.0. The van der Waals surface area contributed by atoms with Gasteiger partial charge in [-0.2, -0.15) is 0 Å². The standard InChI is InChI=1S/C54H103NO8/c1-3-5-7-9-11-13-15-17-19-21-22-23-24-25-26-28-30-32-34-36-38-40-42-44-50(58)55-47(46-62-54-53(61)52(60)51(59)49(45-56)63-54)48(57)43-41-39-37-35-33-31-29-27-20-18-16-14-12-10-8-6-4-2/h17,19,41,43,47-49,51-54,56-57,59-61H,3-16,18,20-40,42,44-46H2,1-2H3,(H,55,58)/b19-17+,43-41+/t47-,48+,49-,51-,52?,53?,54-/m0/s1. The molecule has 63 heavy (non-hydrogen) atoms. The van der Waals surface area contributed by atoms with Gasteiger partial charge in [-0.25, -0.2) is 0 Å². The van der Waals surface area contributed by atoms with Crippen LogP contribution in [0.4, 0.5) is 0 Å². The first-order valence-electron chi connectivity index (χ1n) is 27.1. The Balaban J connectivity index is 2.25. The van der Waals surface area contributed by atoms with Gasteiger partial charge in [0.05, 0.1) is 25.4 Å². The lowest BCUT2D eigenvalue weighted by Gasteiger charge is -2.40. The van der Waals surface area contributed by atoms with Gasteiger partial charge in [0.25, 0.3) is 0 Å². The zero-order valence-electron chi connectivity index (χ0n) is 41.1. The summed E-state index contributed by atoms with van der Waals surface area (Å²) in [7, 11) is 0. The minimum atomic E-state index is -1.56. The lowest BCUT2D eigenvalue weighted by Crippen LogP contribution is -2.60. The van der Waals surface area contributed by atoms with Gasteiger partial charge in [0, 0.05) is 6.42 Å². The number of ether oxygens (including phenoxy) is 2. The number of hydrogen-bond acceptors (Lipinski definition) is 8. The Labute approximate surface area is 388 Å². The molecular formula is C54H103NO8. The van der Waals surface area contributed by atoms with Crippen molar-refractivity contribution in [2.24, 2.45) is 0 Å². The number of aliphatic hydroxyl groups excluding tert-OH is 5. The van der Waals surface area contributed by atoms with Gasteiger partial charge in [0.1, 0.15) is 24.4 Å². The lowest BCUT2D eigenvalue weighted by atomic mass is 9.99. The van der Waals surface area contributed by atoms with E-state index in [1.807, 2.05) is 6.08 Å². The first-order valence-corrected chi connectivity index (χ1v) is 27.1. The van der Waals surface area contributed by atoms with Crippen LogP contribution in [0.3, 0.4) is 0 Å². The molecular weight excluding hydrogens is 791 g/mol. The van der Waals surface area contributed by atoms with E-state index in [4.69, 9.17) is 9.47 Å². The molecule has 1 fully saturated rings. The molecule has 0 saturated carbocycles. The molecule has 0 aromatic rings. The number of hydrogen-bond donors (Lipinski definition) is 6. The number of nitrogens with one attached hydrogen (secondary N) is 1. The number of carbonyl (C=O) groups is 1. The molecule has 372 valence electrons. The van der Waals surface area contributed by atoms with Crippen LogP contribution in [0.1, 0.15) is 258 Å². The first kappa shape index (κ1) is 59.7. The van der Waals surface area contributed by atoms with Crippen LogP contribution in [0.25, 0.3) is 0 Å². The summed E-state index contributed by atoms with van der Waals surface area (Å²) in [5, 5.41) is 54.4. The van der Waals surface area contributed by atoms with Crippen LogP contribution in [0, 0.1) is 0 Å². The summed E-state index contributed by atoms with van der Waals surface area (Å²) < 4.78 is 11.3. The Kier molecular flexibility index (Phi) is 42.2. The maximum atomic E-state index is 13.0. The fourth-order valence-electron chi connectivity index (χ4n) is 8.68. The fraction of sp³-hybridized carbons (Fsp3) is 0.907. The van der Waals surface area contributed by atoms with Crippen molar-refractivity contribution in [3.8, 4) is 0 Å². The number of carbonyl (C=O) groups excluding carboxylic acids is 1. The third-order valence-corrected chi connectivity index (χ3v) is 13.0. The van der Waals surface area contributed by atoms with Crippen LogP contribution < -0.4 is 5.32 Å². The van der Waals surface area contributed by atoms with Gasteiger partial charge < -0.3 is 40.3 Å². The molecule has 0 radical (unpaired) electrons. The maximum absolute atomic E-state index is 13.0. The predicted octanol–water partition coefficient (Wildman–Crippen LogP) is 12.6. The Bertz CT molecular complexity index is 1040. The van der Waals surface area contributed by atoms with E-state index in [1.165, 1.54) is 199 Å². The van der Waals surface area contributed by atoms with Crippen molar-refractivity contribution in [3.05, 3.63) is 24.3 Å². The summed E-state index contributed by atoms with van der Waals surface area (Å²) in [6.45, 7) is 3.80. The molecule has 1 rings (SSSR count). The third kappa shape index (κ3) is 34.6. The Morgan fingerprint density at radius 2 is 0.889 bits per heavy atom. The van der Waals surface area contributed by atoms with Gasteiger partial charge in [-0.3, -0.25) is 4.79 Å². The van der Waals surface area contributed by atoms with E-state index in [0.29, 0.717) is 6.42 Å². The van der Waals surface area contributed by atoms with Crippen molar-refractivity contribution in [1.29, 1.82) is 0 Å². The zero-order valence-corrected chi connectivity index (χ0v) is 41.1. The number of allylic oxidation sites excluding steroid dienone is 3. The van der Waals surface area contributed by atoms with Crippen molar-refractivity contribution >= 4 is 5.91 Å². The maximum Gasteiger partial charge on any atom is 0.220 e. The summed E-state index contributed by atoms with van der Waals surface area (Å²) in [5.41, 5.74) is 0. The van der Waals surface area contributed by atoms with E-state index >= 15 is 0 Å². The van der Waals surface area contributed by atoms with Crippen LogP contribution in [0.2, 0.25) is 0 Å². The zero-order chi connectivity index (χ0) is 45.9. The predicted molar refractivity (Wildman–Crippen MR) is 263 cm³/mol. The van der Waals surface area contributed by atoms with E-state index in [-0.39, 0.29) is 12.5 Å². The lowest BCUT2D eigenvalue weighted by molar-refractivity contribution is -0.302. The molecule has 0 aromatic heterocycles. The number of rotatable bonds is 46. The number of aliphatic hydroxyl groups is 5. The van der Waals surface area contributed by atoms with Crippen molar-refractivity contribution in [2.75, 3.05) is 13.2 Å². The molecule has 0 aromatic carbocycles. The van der Waals surface area contributed by atoms with E-state index < -0.39 is 49.5 Å². The summed E-state index contributed by atoms with van der Waals surface area (Å²) >= 11 is 0. The minimum Gasteiger partial charge on any atom is -0.394 e. The highest BCUT2D eigenvalue weighted by Gasteiger charge is 2.44. The number of amides is 1. The minimum absolute atomic E-state index is 0.174. The molecule has 0 bridgehead atoms. The summed E-state index contributed by atoms with van der Waals surface area (Å²) in [6, 6.07) is -0.802. The average molecular weight is 894 g/mol. The molecule has 1 aliphatic rings. The summed E-state index contributed by atoms with van der Waals surface area (Å²) in [4.78, 5) is 13.0. The van der Waals surface area contributed by atoms with Gasteiger partial charge >= 0.3 is 0 Å². The topological polar surface area (TPSA) is 149 Å².